The summed E-state index contributed by atoms with van der Waals surface area (Å²) >= 11 is 0. The van der Waals surface area contributed by atoms with Crippen molar-refractivity contribution in [2.24, 2.45) is 0 Å². The Labute approximate surface area is 150 Å². The van der Waals surface area contributed by atoms with Gasteiger partial charge in [0.05, 0.1) is 11.6 Å². The Hall–Kier alpha value is -1.91. The van der Waals surface area contributed by atoms with Crippen LogP contribution in [-0.2, 0) is 5.54 Å². The average Bonchev–Trinajstić information content (AvgIpc) is 3.16. The van der Waals surface area contributed by atoms with Gasteiger partial charge < -0.3 is 5.32 Å². The molecule has 1 aromatic carbocycles. The van der Waals surface area contributed by atoms with Gasteiger partial charge in [-0.1, -0.05) is 56.2 Å². The van der Waals surface area contributed by atoms with Gasteiger partial charge >= 0.3 is 0 Å². The lowest BCUT2D eigenvalue weighted by Gasteiger charge is -2.39. The minimum absolute atomic E-state index is 0.131. The molecule has 2 fully saturated rings. The van der Waals surface area contributed by atoms with E-state index in [1.807, 2.05) is 0 Å². The summed E-state index contributed by atoms with van der Waals surface area (Å²) in [6.07, 6.45) is 12.3. The lowest BCUT2D eigenvalue weighted by Crippen LogP contribution is -2.41. The molecule has 2 aromatic rings. The molecule has 0 bridgehead atoms. The molecule has 2 aliphatic rings. The quantitative estimate of drug-likeness (QED) is 0.872. The van der Waals surface area contributed by atoms with Crippen LogP contribution >= 0.6 is 0 Å². The van der Waals surface area contributed by atoms with Crippen molar-refractivity contribution >= 4 is 5.69 Å². The predicted molar refractivity (Wildman–Crippen MR) is 99.5 cm³/mol. The number of aromatic nitrogens is 4. The highest BCUT2D eigenvalue weighted by Gasteiger charge is 2.40. The molecule has 0 radical (unpaired) electrons. The molecule has 0 saturated heterocycles. The van der Waals surface area contributed by atoms with Crippen LogP contribution in [-0.4, -0.2) is 20.2 Å². The zero-order chi connectivity index (χ0) is 17.1. The predicted octanol–water partition coefficient (Wildman–Crippen LogP) is 4.76. The number of benzene rings is 1. The Bertz CT molecular complexity index is 678. The van der Waals surface area contributed by atoms with Crippen molar-refractivity contribution < 1.29 is 0 Å². The molecular weight excluding hydrogens is 310 g/mol. The monoisotopic (exact) mass is 339 g/mol. The minimum Gasteiger partial charge on any atom is -0.373 e. The largest absolute Gasteiger partial charge is 0.373 e. The fourth-order valence-corrected chi connectivity index (χ4v) is 4.55. The molecule has 2 aliphatic carbocycles. The summed E-state index contributed by atoms with van der Waals surface area (Å²) in [7, 11) is 0. The van der Waals surface area contributed by atoms with Crippen molar-refractivity contribution in [2.75, 3.05) is 5.32 Å². The third kappa shape index (κ3) is 3.42. The smallest absolute Gasteiger partial charge is 0.177 e. The highest BCUT2D eigenvalue weighted by molar-refractivity contribution is 5.47. The fourth-order valence-electron chi connectivity index (χ4n) is 4.55. The molecule has 0 aliphatic heterocycles. The van der Waals surface area contributed by atoms with Crippen LogP contribution in [0, 0.1) is 6.92 Å². The van der Waals surface area contributed by atoms with Crippen LogP contribution in [0.3, 0.4) is 0 Å². The lowest BCUT2D eigenvalue weighted by atomic mass is 9.80. The minimum atomic E-state index is -0.131. The summed E-state index contributed by atoms with van der Waals surface area (Å²) in [4.78, 5) is 0. The van der Waals surface area contributed by atoms with E-state index in [9.17, 15) is 0 Å². The number of rotatable bonds is 4. The molecule has 5 heteroatoms. The number of anilines is 1. The molecule has 0 unspecified atom stereocenters. The van der Waals surface area contributed by atoms with Gasteiger partial charge in [0.2, 0.25) is 0 Å². The van der Waals surface area contributed by atoms with E-state index in [1.54, 1.807) is 0 Å². The number of nitrogens with one attached hydrogen (secondary N) is 1. The molecule has 0 amide bonds. The van der Waals surface area contributed by atoms with E-state index in [4.69, 9.17) is 0 Å². The van der Waals surface area contributed by atoms with Gasteiger partial charge in [0.1, 0.15) is 0 Å². The van der Waals surface area contributed by atoms with E-state index in [0.717, 1.165) is 18.7 Å². The number of nitrogens with zero attached hydrogens (tertiary/aromatic N) is 4. The average molecular weight is 339 g/mol. The summed E-state index contributed by atoms with van der Waals surface area (Å²) in [5.74, 6) is 1.06. The third-order valence-corrected chi connectivity index (χ3v) is 5.98. The van der Waals surface area contributed by atoms with Crippen molar-refractivity contribution in [3.05, 3.63) is 35.7 Å². The number of hydrogen-bond acceptors (Lipinski definition) is 4. The molecule has 25 heavy (non-hydrogen) atoms. The first-order chi connectivity index (χ1) is 12.3. The summed E-state index contributed by atoms with van der Waals surface area (Å²) < 4.78 is 2.16. The molecule has 1 N–H and O–H groups in total. The van der Waals surface area contributed by atoms with E-state index in [2.05, 4.69) is 56.7 Å². The van der Waals surface area contributed by atoms with Crippen LogP contribution in [0.5, 0.6) is 0 Å². The Morgan fingerprint density at radius 3 is 2.36 bits per heavy atom. The Morgan fingerprint density at radius 1 is 0.960 bits per heavy atom. The van der Waals surface area contributed by atoms with Crippen LogP contribution in [0.25, 0.3) is 0 Å². The summed E-state index contributed by atoms with van der Waals surface area (Å²) in [5, 5.41) is 16.9. The SMILES string of the molecule is Cc1ccc(NC2(c3nnnn3C3CCCCC3)CCCCC2)cc1. The second kappa shape index (κ2) is 7.14. The van der Waals surface area contributed by atoms with Crippen LogP contribution in [0.15, 0.2) is 24.3 Å². The van der Waals surface area contributed by atoms with E-state index in [0.29, 0.717) is 6.04 Å². The van der Waals surface area contributed by atoms with Crippen LogP contribution in [0.2, 0.25) is 0 Å². The standard InChI is InChI=1S/C20H29N5/c1-16-10-12-17(13-11-16)21-20(14-6-3-7-15-20)19-22-23-24-25(19)18-8-4-2-5-9-18/h10-13,18,21H,2-9,14-15H2,1H3. The fraction of sp³-hybridized carbons (Fsp3) is 0.650. The molecule has 0 spiro atoms. The van der Waals surface area contributed by atoms with Gasteiger partial charge in [0.15, 0.2) is 5.82 Å². The number of aryl methyl sites for hydroxylation is 1. The van der Waals surface area contributed by atoms with E-state index in [1.165, 1.54) is 62.6 Å². The van der Waals surface area contributed by atoms with Gasteiger partial charge in [-0.25, -0.2) is 4.68 Å². The van der Waals surface area contributed by atoms with Crippen molar-refractivity contribution in [2.45, 2.75) is 82.7 Å². The summed E-state index contributed by atoms with van der Waals surface area (Å²) in [6.45, 7) is 2.13. The highest BCUT2D eigenvalue weighted by atomic mass is 15.6. The van der Waals surface area contributed by atoms with Gasteiger partial charge in [-0.3, -0.25) is 0 Å². The number of tetrazole rings is 1. The zero-order valence-electron chi connectivity index (χ0n) is 15.2. The normalized spacial score (nSPS) is 21.2. The van der Waals surface area contributed by atoms with Crippen molar-refractivity contribution in [1.29, 1.82) is 0 Å². The molecule has 4 rings (SSSR count). The van der Waals surface area contributed by atoms with Gasteiger partial charge in [-0.15, -0.1) is 5.10 Å². The molecule has 1 heterocycles. The van der Waals surface area contributed by atoms with Crippen molar-refractivity contribution in [3.8, 4) is 0 Å². The molecule has 5 nitrogen and oxygen atoms in total. The second-order valence-corrected chi connectivity index (χ2v) is 7.87. The lowest BCUT2D eigenvalue weighted by molar-refractivity contribution is 0.263. The van der Waals surface area contributed by atoms with Crippen LogP contribution < -0.4 is 5.32 Å². The maximum absolute atomic E-state index is 4.54. The maximum Gasteiger partial charge on any atom is 0.177 e. The van der Waals surface area contributed by atoms with Gasteiger partial charge in [-0.2, -0.15) is 0 Å². The van der Waals surface area contributed by atoms with Crippen LogP contribution in [0.1, 0.15) is 81.6 Å². The van der Waals surface area contributed by atoms with Crippen molar-refractivity contribution in [1.82, 2.24) is 20.2 Å². The Balaban J connectivity index is 1.67. The zero-order valence-corrected chi connectivity index (χ0v) is 15.2. The molecule has 134 valence electrons. The van der Waals surface area contributed by atoms with Crippen LogP contribution in [0.4, 0.5) is 5.69 Å². The van der Waals surface area contributed by atoms with E-state index < -0.39 is 0 Å². The van der Waals surface area contributed by atoms with Gasteiger partial charge in [-0.05, 0) is 55.2 Å². The van der Waals surface area contributed by atoms with Crippen molar-refractivity contribution in [3.63, 3.8) is 0 Å². The third-order valence-electron chi connectivity index (χ3n) is 5.98. The van der Waals surface area contributed by atoms with Gasteiger partial charge in [0.25, 0.3) is 0 Å². The summed E-state index contributed by atoms with van der Waals surface area (Å²) in [6, 6.07) is 9.17. The molecule has 0 atom stereocenters. The first-order valence-electron chi connectivity index (χ1n) is 9.90. The number of hydrogen-bond donors (Lipinski definition) is 1. The van der Waals surface area contributed by atoms with Gasteiger partial charge in [0, 0.05) is 5.69 Å². The summed E-state index contributed by atoms with van der Waals surface area (Å²) in [5.41, 5.74) is 2.33. The Morgan fingerprint density at radius 2 is 1.64 bits per heavy atom. The van der Waals surface area contributed by atoms with E-state index in [-0.39, 0.29) is 5.54 Å². The van der Waals surface area contributed by atoms with E-state index >= 15 is 0 Å². The second-order valence-electron chi connectivity index (χ2n) is 7.87. The topological polar surface area (TPSA) is 55.6 Å². The highest BCUT2D eigenvalue weighted by Crippen LogP contribution is 2.41. The maximum atomic E-state index is 4.54. The first-order valence-corrected chi connectivity index (χ1v) is 9.90. The Kier molecular flexibility index (Phi) is 4.73. The first kappa shape index (κ1) is 16.6. The molecular formula is C20H29N5. The molecule has 2 saturated carbocycles. The molecule has 1 aromatic heterocycles.